The number of anilines is 1. The maximum absolute atomic E-state index is 12.5. The molecule has 4 rings (SSSR count). The van der Waals surface area contributed by atoms with Gasteiger partial charge in [0.05, 0.1) is 11.0 Å². The molecule has 1 N–H and O–H groups in total. The van der Waals surface area contributed by atoms with Crippen LogP contribution in [0.1, 0.15) is 16.1 Å². The Kier molecular flexibility index (Phi) is 5.71. The van der Waals surface area contributed by atoms with Gasteiger partial charge in [-0.3, -0.25) is 9.48 Å². The number of nitrogens with one attached hydrogen (secondary N) is 1. The highest BCUT2D eigenvalue weighted by Crippen LogP contribution is 2.25. The number of aromatic nitrogens is 3. The summed E-state index contributed by atoms with van der Waals surface area (Å²) in [5, 5.41) is 12.1. The van der Waals surface area contributed by atoms with Crippen LogP contribution in [-0.2, 0) is 6.54 Å². The van der Waals surface area contributed by atoms with Gasteiger partial charge in [-0.2, -0.15) is 5.10 Å². The summed E-state index contributed by atoms with van der Waals surface area (Å²) in [6, 6.07) is 16.3. The molecule has 0 unspecified atom stereocenters. The van der Waals surface area contributed by atoms with Crippen molar-refractivity contribution < 1.29 is 9.32 Å². The van der Waals surface area contributed by atoms with Crippen molar-refractivity contribution in [1.29, 1.82) is 0 Å². The minimum absolute atomic E-state index is 0.158. The second-order valence-electron chi connectivity index (χ2n) is 6.16. The molecule has 0 spiro atoms. The van der Waals surface area contributed by atoms with Crippen LogP contribution in [0.25, 0.3) is 11.3 Å². The second-order valence-corrected chi connectivity index (χ2v) is 7.85. The van der Waals surface area contributed by atoms with Crippen molar-refractivity contribution in [1.82, 2.24) is 14.9 Å². The molecule has 2 heterocycles. The number of hydrogen-bond acceptors (Lipinski definition) is 4. The van der Waals surface area contributed by atoms with E-state index < -0.39 is 5.91 Å². The molecule has 0 atom stereocenters. The Morgan fingerprint density at radius 3 is 2.69 bits per heavy atom. The van der Waals surface area contributed by atoms with Gasteiger partial charge < -0.3 is 9.84 Å². The minimum Gasteiger partial charge on any atom is -0.355 e. The lowest BCUT2D eigenvalue weighted by molar-refractivity contribution is 0.101. The third kappa shape index (κ3) is 4.53. The molecule has 29 heavy (non-hydrogen) atoms. The van der Waals surface area contributed by atoms with Crippen LogP contribution in [0.15, 0.2) is 69.8 Å². The summed E-state index contributed by atoms with van der Waals surface area (Å²) in [4.78, 5) is 12.5. The maximum atomic E-state index is 12.5. The molecule has 146 valence electrons. The number of carbonyl (C=O) groups is 1. The lowest BCUT2D eigenvalue weighted by Gasteiger charge is -2.05. The Labute approximate surface area is 184 Å². The van der Waals surface area contributed by atoms with Crippen molar-refractivity contribution in [3.63, 3.8) is 0 Å². The van der Waals surface area contributed by atoms with Gasteiger partial charge in [0, 0.05) is 27.9 Å². The molecule has 1 amide bonds. The predicted molar refractivity (Wildman–Crippen MR) is 115 cm³/mol. The quantitative estimate of drug-likeness (QED) is 0.376. The second kappa shape index (κ2) is 8.41. The summed E-state index contributed by atoms with van der Waals surface area (Å²) in [7, 11) is 0. The van der Waals surface area contributed by atoms with Gasteiger partial charge in [0.15, 0.2) is 17.3 Å². The summed E-state index contributed by atoms with van der Waals surface area (Å²) in [5.41, 5.74) is 1.85. The van der Waals surface area contributed by atoms with Gasteiger partial charge in [-0.25, -0.2) is 0 Å². The molecule has 2 aromatic heterocycles. The highest BCUT2D eigenvalue weighted by atomic mass is 79.9. The molecule has 0 saturated carbocycles. The topological polar surface area (TPSA) is 73.0 Å². The molecule has 0 saturated heterocycles. The SMILES string of the molecule is O=C(Nc1nn(Cc2ccc(Cl)cc2Cl)cc1Br)c1cc(-c2ccccc2)on1. The first-order valence-electron chi connectivity index (χ1n) is 8.50. The molecule has 0 aliphatic heterocycles. The fourth-order valence-corrected chi connectivity index (χ4v) is 3.56. The number of halogens is 3. The average molecular weight is 492 g/mol. The predicted octanol–water partition coefficient (Wildman–Crippen LogP) is 5.91. The standard InChI is InChI=1S/C20H13BrCl2N4O2/c21-15-11-27(10-13-6-7-14(22)8-16(13)23)25-19(15)24-20(28)17-9-18(29-26-17)12-4-2-1-3-5-12/h1-9,11H,10H2,(H,24,25,28). The van der Waals surface area contributed by atoms with E-state index in [9.17, 15) is 4.79 Å². The summed E-state index contributed by atoms with van der Waals surface area (Å²) in [6.07, 6.45) is 1.75. The van der Waals surface area contributed by atoms with E-state index in [2.05, 4.69) is 31.5 Å². The number of hydrogen-bond donors (Lipinski definition) is 1. The number of amides is 1. The van der Waals surface area contributed by atoms with Crippen molar-refractivity contribution in [2.75, 3.05) is 5.32 Å². The first-order valence-corrected chi connectivity index (χ1v) is 10.0. The van der Waals surface area contributed by atoms with Gasteiger partial charge in [0.1, 0.15) is 0 Å². The molecule has 0 aliphatic carbocycles. The van der Waals surface area contributed by atoms with Crippen molar-refractivity contribution in [2.24, 2.45) is 0 Å². The van der Waals surface area contributed by atoms with Gasteiger partial charge in [-0.1, -0.05) is 64.8 Å². The van der Waals surface area contributed by atoms with Crippen molar-refractivity contribution >= 4 is 50.9 Å². The lowest BCUT2D eigenvalue weighted by atomic mass is 10.1. The van der Waals surface area contributed by atoms with E-state index in [1.807, 2.05) is 36.4 Å². The first kappa shape index (κ1) is 19.7. The summed E-state index contributed by atoms with van der Waals surface area (Å²) in [6.45, 7) is 0.423. The maximum Gasteiger partial charge on any atom is 0.279 e. The van der Waals surface area contributed by atoms with Crippen LogP contribution in [0.3, 0.4) is 0 Å². The van der Waals surface area contributed by atoms with Crippen LogP contribution in [0.4, 0.5) is 5.82 Å². The van der Waals surface area contributed by atoms with E-state index in [4.69, 9.17) is 27.7 Å². The van der Waals surface area contributed by atoms with Crippen LogP contribution < -0.4 is 5.32 Å². The zero-order valence-electron chi connectivity index (χ0n) is 14.8. The Morgan fingerprint density at radius 2 is 1.93 bits per heavy atom. The minimum atomic E-state index is -0.425. The largest absolute Gasteiger partial charge is 0.355 e. The molecule has 6 nitrogen and oxygen atoms in total. The molecule has 0 bridgehead atoms. The van der Waals surface area contributed by atoms with Crippen molar-refractivity contribution in [3.05, 3.63) is 86.6 Å². The van der Waals surface area contributed by atoms with Crippen LogP contribution in [0.5, 0.6) is 0 Å². The summed E-state index contributed by atoms with van der Waals surface area (Å²) >= 11 is 15.6. The molecular formula is C20H13BrCl2N4O2. The van der Waals surface area contributed by atoms with Gasteiger partial charge in [-0.05, 0) is 33.6 Å². The van der Waals surface area contributed by atoms with Gasteiger partial charge in [0.2, 0.25) is 0 Å². The summed E-state index contributed by atoms with van der Waals surface area (Å²) < 4.78 is 7.56. The zero-order valence-corrected chi connectivity index (χ0v) is 17.9. The van der Waals surface area contributed by atoms with E-state index >= 15 is 0 Å². The molecular weight excluding hydrogens is 479 g/mol. The van der Waals surface area contributed by atoms with Crippen LogP contribution in [0, 0.1) is 0 Å². The molecule has 0 aliphatic rings. The average Bonchev–Trinajstić information content (AvgIpc) is 3.32. The smallest absolute Gasteiger partial charge is 0.279 e. The van der Waals surface area contributed by atoms with Gasteiger partial charge in [0.25, 0.3) is 5.91 Å². The van der Waals surface area contributed by atoms with E-state index in [1.54, 1.807) is 29.1 Å². The number of rotatable bonds is 5. The lowest BCUT2D eigenvalue weighted by Crippen LogP contribution is -2.13. The Hall–Kier alpha value is -2.61. The highest BCUT2D eigenvalue weighted by molar-refractivity contribution is 9.10. The number of nitrogens with zero attached hydrogens (tertiary/aromatic N) is 3. The van der Waals surface area contributed by atoms with Gasteiger partial charge in [-0.15, -0.1) is 0 Å². The van der Waals surface area contributed by atoms with Crippen LogP contribution in [0.2, 0.25) is 10.0 Å². The monoisotopic (exact) mass is 490 g/mol. The first-order chi connectivity index (χ1) is 14.0. The molecule has 0 fully saturated rings. The molecule has 0 radical (unpaired) electrons. The fraction of sp³-hybridized carbons (Fsp3) is 0.0500. The van der Waals surface area contributed by atoms with E-state index in [0.717, 1.165) is 11.1 Å². The van der Waals surface area contributed by atoms with Crippen molar-refractivity contribution in [2.45, 2.75) is 6.54 Å². The number of carbonyl (C=O) groups excluding carboxylic acids is 1. The Balaban J connectivity index is 1.48. The zero-order chi connectivity index (χ0) is 20.4. The molecule has 4 aromatic rings. The van der Waals surface area contributed by atoms with Crippen molar-refractivity contribution in [3.8, 4) is 11.3 Å². The molecule has 9 heteroatoms. The number of benzene rings is 2. The fourth-order valence-electron chi connectivity index (χ4n) is 2.68. The van der Waals surface area contributed by atoms with E-state index in [1.165, 1.54) is 0 Å². The van der Waals surface area contributed by atoms with Crippen LogP contribution in [-0.4, -0.2) is 20.8 Å². The third-order valence-corrected chi connectivity index (χ3v) is 5.26. The highest BCUT2D eigenvalue weighted by Gasteiger charge is 2.17. The van der Waals surface area contributed by atoms with Gasteiger partial charge >= 0.3 is 0 Å². The Bertz CT molecular complexity index is 1170. The summed E-state index contributed by atoms with van der Waals surface area (Å²) in [5.74, 6) is 0.452. The van der Waals surface area contributed by atoms with E-state index in [0.29, 0.717) is 32.6 Å². The van der Waals surface area contributed by atoms with E-state index in [-0.39, 0.29) is 5.69 Å². The van der Waals surface area contributed by atoms with Crippen LogP contribution >= 0.6 is 39.1 Å². The Morgan fingerprint density at radius 1 is 1.14 bits per heavy atom. The normalized spacial score (nSPS) is 10.9. The molecule has 2 aromatic carbocycles. The third-order valence-electron chi connectivity index (χ3n) is 4.10.